The summed E-state index contributed by atoms with van der Waals surface area (Å²) in [6, 6.07) is 8.86. The molecular formula is C32H51N3O3S. The molecule has 218 valence electrons. The molecule has 1 unspecified atom stereocenters. The molecule has 0 radical (unpaired) electrons. The van der Waals surface area contributed by atoms with E-state index in [1.807, 2.05) is 32.9 Å². The van der Waals surface area contributed by atoms with Gasteiger partial charge < -0.3 is 15.6 Å². The van der Waals surface area contributed by atoms with E-state index in [4.69, 9.17) is 10.5 Å². The van der Waals surface area contributed by atoms with Gasteiger partial charge in [0.2, 0.25) is 0 Å². The van der Waals surface area contributed by atoms with Crippen molar-refractivity contribution in [2.75, 3.05) is 18.1 Å². The van der Waals surface area contributed by atoms with Crippen LogP contribution >= 0.6 is 0 Å². The molecule has 0 saturated carbocycles. The molecule has 3 N–H and O–H groups in total. The van der Waals surface area contributed by atoms with Crippen LogP contribution in [0.1, 0.15) is 117 Å². The Kier molecular flexibility index (Phi) is 14.6. The predicted molar refractivity (Wildman–Crippen MR) is 165 cm³/mol. The Morgan fingerprint density at radius 3 is 2.00 bits per heavy atom. The van der Waals surface area contributed by atoms with Crippen molar-refractivity contribution in [3.8, 4) is 11.5 Å². The first-order valence-electron chi connectivity index (χ1n) is 14.9. The van der Waals surface area contributed by atoms with Crippen molar-refractivity contribution in [1.82, 2.24) is 0 Å². The van der Waals surface area contributed by atoms with Gasteiger partial charge in [0.25, 0.3) is 0 Å². The standard InChI is InChI=1S/C32H51N3O3S/c1-6-8-10-11-12-13-14-15-16-17-21-39(37)26-18-19-29(28(33)24-26)34-35-30-23-25(38-20-9-7-2)22-27(31(30)36)32(3,4)5/h18-19,22-24,36H,6-17,20-21,33H2,1-5H3. The second-order valence-electron chi connectivity index (χ2n) is 11.4. The van der Waals surface area contributed by atoms with Crippen LogP contribution in [-0.2, 0) is 16.2 Å². The van der Waals surface area contributed by atoms with Gasteiger partial charge in [0.15, 0.2) is 0 Å². The number of azo groups is 1. The molecule has 0 aromatic heterocycles. The van der Waals surface area contributed by atoms with Crippen LogP contribution in [0.4, 0.5) is 17.1 Å². The summed E-state index contributed by atoms with van der Waals surface area (Å²) in [5.41, 5.74) is 7.93. The Bertz CT molecular complexity index is 1060. The van der Waals surface area contributed by atoms with Gasteiger partial charge in [0.1, 0.15) is 22.9 Å². The highest BCUT2D eigenvalue weighted by Crippen LogP contribution is 2.42. The van der Waals surface area contributed by atoms with E-state index in [0.717, 1.165) is 31.2 Å². The van der Waals surface area contributed by atoms with E-state index in [2.05, 4.69) is 24.1 Å². The minimum Gasteiger partial charge on any atom is -0.505 e. The lowest BCUT2D eigenvalue weighted by molar-refractivity contribution is 0.307. The molecule has 39 heavy (non-hydrogen) atoms. The van der Waals surface area contributed by atoms with Crippen LogP contribution in [0.25, 0.3) is 0 Å². The van der Waals surface area contributed by atoms with Crippen molar-refractivity contribution in [1.29, 1.82) is 0 Å². The van der Waals surface area contributed by atoms with Gasteiger partial charge >= 0.3 is 0 Å². The number of rotatable bonds is 18. The van der Waals surface area contributed by atoms with E-state index in [1.54, 1.807) is 18.2 Å². The topological polar surface area (TPSA) is 97.3 Å². The van der Waals surface area contributed by atoms with Crippen molar-refractivity contribution in [2.24, 2.45) is 10.2 Å². The molecule has 0 heterocycles. The van der Waals surface area contributed by atoms with Crippen LogP contribution in [0.2, 0.25) is 0 Å². The molecule has 2 rings (SSSR count). The zero-order chi connectivity index (χ0) is 28.7. The smallest absolute Gasteiger partial charge is 0.147 e. The van der Waals surface area contributed by atoms with Gasteiger partial charge in [0, 0.05) is 22.3 Å². The SMILES string of the molecule is CCCCCCCCCCCCS(=O)c1ccc(N=Nc2cc(OCCCC)cc(C(C)(C)C)c2O)c(N)c1. The number of nitrogen functional groups attached to an aromatic ring is 1. The number of anilines is 1. The third-order valence-corrected chi connectivity index (χ3v) is 8.29. The van der Waals surface area contributed by atoms with Crippen molar-refractivity contribution >= 4 is 27.9 Å². The van der Waals surface area contributed by atoms with Gasteiger partial charge in [-0.3, -0.25) is 4.21 Å². The molecule has 0 aliphatic carbocycles. The summed E-state index contributed by atoms with van der Waals surface area (Å²) >= 11 is 0. The van der Waals surface area contributed by atoms with Gasteiger partial charge in [-0.2, -0.15) is 0 Å². The normalized spacial score (nSPS) is 12.7. The molecule has 7 heteroatoms. The van der Waals surface area contributed by atoms with E-state index in [-0.39, 0.29) is 11.2 Å². The first kappa shape index (κ1) is 32.8. The van der Waals surface area contributed by atoms with E-state index in [1.165, 1.54) is 51.4 Å². The number of phenolic OH excluding ortho intramolecular Hbond substituents is 1. The highest BCUT2D eigenvalue weighted by Gasteiger charge is 2.22. The number of hydrogen-bond acceptors (Lipinski definition) is 6. The van der Waals surface area contributed by atoms with Crippen LogP contribution < -0.4 is 10.5 Å². The third-order valence-electron chi connectivity index (χ3n) is 6.85. The first-order chi connectivity index (χ1) is 18.7. The largest absolute Gasteiger partial charge is 0.505 e. The number of benzene rings is 2. The van der Waals surface area contributed by atoms with E-state index >= 15 is 0 Å². The number of nitrogens with zero attached hydrogens (tertiary/aromatic N) is 2. The monoisotopic (exact) mass is 557 g/mol. The van der Waals surface area contributed by atoms with Gasteiger partial charge in [-0.15, -0.1) is 10.2 Å². The number of nitrogens with two attached hydrogens (primary N) is 1. The Labute approximate surface area is 239 Å². The fraction of sp³-hybridized carbons (Fsp3) is 0.625. The summed E-state index contributed by atoms with van der Waals surface area (Å²) in [6.45, 7) is 11.1. The minimum absolute atomic E-state index is 0.0851. The number of ether oxygens (including phenoxy) is 1. The molecule has 0 fully saturated rings. The van der Waals surface area contributed by atoms with Crippen molar-refractivity contribution in [2.45, 2.75) is 122 Å². The quantitative estimate of drug-likeness (QED) is 0.108. The zero-order valence-electron chi connectivity index (χ0n) is 24.9. The first-order valence-corrected chi connectivity index (χ1v) is 16.2. The lowest BCUT2D eigenvalue weighted by Crippen LogP contribution is -2.12. The maximum atomic E-state index is 12.8. The van der Waals surface area contributed by atoms with Gasteiger partial charge in [-0.1, -0.05) is 98.8 Å². The van der Waals surface area contributed by atoms with Crippen LogP contribution in [0, 0.1) is 0 Å². The average molecular weight is 558 g/mol. The van der Waals surface area contributed by atoms with Gasteiger partial charge in [0.05, 0.1) is 23.1 Å². The van der Waals surface area contributed by atoms with E-state index < -0.39 is 10.8 Å². The lowest BCUT2D eigenvalue weighted by atomic mass is 9.86. The number of hydrogen-bond donors (Lipinski definition) is 2. The predicted octanol–water partition coefficient (Wildman–Crippen LogP) is 9.89. The van der Waals surface area contributed by atoms with Gasteiger partial charge in [-0.05, 0) is 42.5 Å². The molecule has 0 bridgehead atoms. The summed E-state index contributed by atoms with van der Waals surface area (Å²) in [5, 5.41) is 19.5. The van der Waals surface area contributed by atoms with Crippen LogP contribution in [0.5, 0.6) is 11.5 Å². The summed E-state index contributed by atoms with van der Waals surface area (Å²) in [5.74, 6) is 1.39. The maximum absolute atomic E-state index is 12.8. The summed E-state index contributed by atoms with van der Waals surface area (Å²) in [6.07, 6.45) is 14.5. The minimum atomic E-state index is -1.09. The molecule has 0 spiro atoms. The average Bonchev–Trinajstić information content (AvgIpc) is 2.89. The highest BCUT2D eigenvalue weighted by molar-refractivity contribution is 7.85. The zero-order valence-corrected chi connectivity index (χ0v) is 25.7. The van der Waals surface area contributed by atoms with Crippen LogP contribution in [0.3, 0.4) is 0 Å². The Morgan fingerprint density at radius 2 is 1.41 bits per heavy atom. The lowest BCUT2D eigenvalue weighted by Gasteiger charge is -2.22. The number of aromatic hydroxyl groups is 1. The molecule has 0 saturated heterocycles. The van der Waals surface area contributed by atoms with Crippen molar-refractivity contribution in [3.63, 3.8) is 0 Å². The van der Waals surface area contributed by atoms with E-state index in [0.29, 0.717) is 40.1 Å². The fourth-order valence-electron chi connectivity index (χ4n) is 4.37. The Balaban J connectivity index is 1.96. The Hall–Kier alpha value is -2.41. The fourth-order valence-corrected chi connectivity index (χ4v) is 5.55. The van der Waals surface area contributed by atoms with Crippen LogP contribution in [-0.4, -0.2) is 21.7 Å². The second-order valence-corrected chi connectivity index (χ2v) is 13.0. The molecule has 0 aliphatic heterocycles. The number of phenols is 1. The summed E-state index contributed by atoms with van der Waals surface area (Å²) in [4.78, 5) is 0.714. The maximum Gasteiger partial charge on any atom is 0.147 e. The summed E-state index contributed by atoms with van der Waals surface area (Å²) < 4.78 is 18.7. The number of unbranched alkanes of at least 4 members (excludes halogenated alkanes) is 10. The highest BCUT2D eigenvalue weighted by atomic mass is 32.2. The molecule has 0 aliphatic rings. The third kappa shape index (κ3) is 11.7. The Morgan fingerprint density at radius 1 is 0.821 bits per heavy atom. The van der Waals surface area contributed by atoms with Crippen molar-refractivity contribution in [3.05, 3.63) is 35.9 Å². The molecule has 6 nitrogen and oxygen atoms in total. The molecule has 1 atom stereocenters. The molecule has 0 amide bonds. The molecule has 2 aromatic carbocycles. The van der Waals surface area contributed by atoms with E-state index in [9.17, 15) is 9.32 Å². The second kappa shape index (κ2) is 17.3. The summed E-state index contributed by atoms with van der Waals surface area (Å²) in [7, 11) is -1.09. The van der Waals surface area contributed by atoms with Gasteiger partial charge in [-0.25, -0.2) is 0 Å². The van der Waals surface area contributed by atoms with Crippen LogP contribution in [0.15, 0.2) is 45.5 Å². The molecule has 2 aromatic rings. The molecular weight excluding hydrogens is 506 g/mol. The van der Waals surface area contributed by atoms with Crippen molar-refractivity contribution < 1.29 is 14.1 Å².